The standard InChI is InChI=1S/C5H9NO3/c1-4(7)5(8)6(2)9-3/h1-3H3. The predicted molar refractivity (Wildman–Crippen MR) is 30.5 cm³/mol. The number of rotatable bonds is 2. The Kier molecular flexibility index (Phi) is 2.87. The molecular weight excluding hydrogens is 122 g/mol. The summed E-state index contributed by atoms with van der Waals surface area (Å²) in [6.07, 6.45) is 0. The molecule has 1 amide bonds. The summed E-state index contributed by atoms with van der Waals surface area (Å²) in [7, 11) is 2.70. The number of amides is 1. The molecule has 52 valence electrons. The number of likely N-dealkylation sites (N-methyl/N-ethyl adjacent to an activating group) is 1. The van der Waals surface area contributed by atoms with Crippen LogP contribution in [0, 0.1) is 0 Å². The Morgan fingerprint density at radius 2 is 1.89 bits per heavy atom. The maximum atomic E-state index is 10.5. The highest BCUT2D eigenvalue weighted by molar-refractivity contribution is 6.34. The Morgan fingerprint density at radius 3 is 2.00 bits per heavy atom. The van der Waals surface area contributed by atoms with E-state index in [9.17, 15) is 9.59 Å². The third-order valence-corrected chi connectivity index (χ3v) is 0.861. The van der Waals surface area contributed by atoms with Crippen LogP contribution in [0.2, 0.25) is 0 Å². The Balaban J connectivity index is 3.88. The summed E-state index contributed by atoms with van der Waals surface area (Å²) in [5.41, 5.74) is 0. The van der Waals surface area contributed by atoms with Crippen molar-refractivity contribution in [3.05, 3.63) is 0 Å². The molecule has 0 radical (unpaired) electrons. The van der Waals surface area contributed by atoms with E-state index in [0.29, 0.717) is 0 Å². The Morgan fingerprint density at radius 1 is 1.44 bits per heavy atom. The zero-order chi connectivity index (χ0) is 7.44. The van der Waals surface area contributed by atoms with Crippen molar-refractivity contribution in [2.45, 2.75) is 6.92 Å². The lowest BCUT2D eigenvalue weighted by atomic mass is 10.4. The number of hydroxylamine groups is 2. The van der Waals surface area contributed by atoms with Gasteiger partial charge in [-0.15, -0.1) is 0 Å². The second-order valence-electron chi connectivity index (χ2n) is 1.54. The molecule has 0 saturated carbocycles. The minimum Gasteiger partial charge on any atom is -0.289 e. The van der Waals surface area contributed by atoms with Gasteiger partial charge in [0, 0.05) is 14.0 Å². The molecule has 0 aliphatic carbocycles. The van der Waals surface area contributed by atoms with Crippen LogP contribution in [0.15, 0.2) is 0 Å². The van der Waals surface area contributed by atoms with Crippen molar-refractivity contribution in [2.24, 2.45) is 0 Å². The minimum absolute atomic E-state index is 0.528. The van der Waals surface area contributed by atoms with Gasteiger partial charge < -0.3 is 0 Å². The van der Waals surface area contributed by atoms with Gasteiger partial charge in [0.25, 0.3) is 0 Å². The van der Waals surface area contributed by atoms with E-state index in [2.05, 4.69) is 4.84 Å². The van der Waals surface area contributed by atoms with Crippen molar-refractivity contribution in [3.63, 3.8) is 0 Å². The van der Waals surface area contributed by atoms with Gasteiger partial charge >= 0.3 is 5.91 Å². The smallest absolute Gasteiger partial charge is 0.289 e. The Bertz CT molecular complexity index is 132. The van der Waals surface area contributed by atoms with Crippen molar-refractivity contribution in [2.75, 3.05) is 14.2 Å². The highest BCUT2D eigenvalue weighted by atomic mass is 16.7. The second kappa shape index (κ2) is 3.19. The first-order chi connectivity index (χ1) is 4.09. The molecule has 0 saturated heterocycles. The van der Waals surface area contributed by atoms with Crippen molar-refractivity contribution in [1.29, 1.82) is 0 Å². The first kappa shape index (κ1) is 8.10. The molecule has 4 heteroatoms. The van der Waals surface area contributed by atoms with E-state index < -0.39 is 11.7 Å². The average Bonchev–Trinajstić information content (AvgIpc) is 1.84. The van der Waals surface area contributed by atoms with Crippen LogP contribution in [-0.4, -0.2) is 30.9 Å². The maximum Gasteiger partial charge on any atom is 0.312 e. The number of carbonyl (C=O) groups is 2. The molecular formula is C5H9NO3. The molecule has 0 unspecified atom stereocenters. The fourth-order valence-corrected chi connectivity index (χ4v) is 0.305. The average molecular weight is 131 g/mol. The molecule has 0 aliphatic rings. The summed E-state index contributed by atoms with van der Waals surface area (Å²) in [6.45, 7) is 1.19. The highest BCUT2D eigenvalue weighted by Gasteiger charge is 2.11. The molecule has 0 bridgehead atoms. The zero-order valence-electron chi connectivity index (χ0n) is 5.67. The number of nitrogens with zero attached hydrogens (tertiary/aromatic N) is 1. The SMILES string of the molecule is CON(C)C(=O)C(C)=O. The molecule has 0 heterocycles. The van der Waals surface area contributed by atoms with Gasteiger partial charge in [-0.25, -0.2) is 5.06 Å². The van der Waals surface area contributed by atoms with Crippen LogP contribution in [0.5, 0.6) is 0 Å². The molecule has 0 rings (SSSR count). The summed E-state index contributed by atoms with van der Waals surface area (Å²) >= 11 is 0. The molecule has 9 heavy (non-hydrogen) atoms. The summed E-state index contributed by atoms with van der Waals surface area (Å²) in [4.78, 5) is 25.2. The van der Waals surface area contributed by atoms with Gasteiger partial charge in [-0.3, -0.25) is 14.4 Å². The van der Waals surface area contributed by atoms with Crippen LogP contribution >= 0.6 is 0 Å². The van der Waals surface area contributed by atoms with E-state index >= 15 is 0 Å². The maximum absolute atomic E-state index is 10.5. The van der Waals surface area contributed by atoms with Crippen LogP contribution in [0.3, 0.4) is 0 Å². The fourth-order valence-electron chi connectivity index (χ4n) is 0.305. The topological polar surface area (TPSA) is 46.6 Å². The van der Waals surface area contributed by atoms with Crippen LogP contribution in [0.1, 0.15) is 6.92 Å². The molecule has 0 aromatic rings. The van der Waals surface area contributed by atoms with Gasteiger partial charge in [0.15, 0.2) is 0 Å². The largest absolute Gasteiger partial charge is 0.312 e. The number of carbonyl (C=O) groups excluding carboxylic acids is 2. The quantitative estimate of drug-likeness (QED) is 0.378. The summed E-state index contributed by atoms with van der Waals surface area (Å²) in [5.74, 6) is -1.17. The molecule has 0 fully saturated rings. The number of hydrogen-bond donors (Lipinski definition) is 0. The van der Waals surface area contributed by atoms with E-state index in [1.54, 1.807) is 0 Å². The van der Waals surface area contributed by atoms with E-state index in [1.807, 2.05) is 0 Å². The van der Waals surface area contributed by atoms with Gasteiger partial charge in [-0.05, 0) is 0 Å². The zero-order valence-corrected chi connectivity index (χ0v) is 5.67. The number of Topliss-reactive ketones (excluding diaryl/α,β-unsaturated/α-hetero) is 1. The van der Waals surface area contributed by atoms with Gasteiger partial charge in [-0.1, -0.05) is 0 Å². The lowest BCUT2D eigenvalue weighted by Crippen LogP contribution is -2.30. The summed E-state index contributed by atoms with van der Waals surface area (Å²) in [6, 6.07) is 0. The van der Waals surface area contributed by atoms with Crippen LogP contribution in [-0.2, 0) is 14.4 Å². The van der Waals surface area contributed by atoms with Crippen molar-refractivity contribution < 1.29 is 14.4 Å². The van der Waals surface area contributed by atoms with Crippen molar-refractivity contribution in [3.8, 4) is 0 Å². The lowest BCUT2D eigenvalue weighted by molar-refractivity contribution is -0.172. The third-order valence-electron chi connectivity index (χ3n) is 0.861. The summed E-state index contributed by atoms with van der Waals surface area (Å²) in [5, 5.41) is 0.877. The molecule has 4 nitrogen and oxygen atoms in total. The highest BCUT2D eigenvalue weighted by Crippen LogP contribution is 1.83. The van der Waals surface area contributed by atoms with Gasteiger partial charge in [0.1, 0.15) is 0 Å². The Hall–Kier alpha value is -0.900. The monoisotopic (exact) mass is 131 g/mol. The molecule has 0 aromatic heterocycles. The first-order valence-electron chi connectivity index (χ1n) is 2.42. The van der Waals surface area contributed by atoms with E-state index in [4.69, 9.17) is 0 Å². The molecule has 0 aliphatic heterocycles. The second-order valence-corrected chi connectivity index (χ2v) is 1.54. The number of ketones is 1. The minimum atomic E-state index is -0.641. The van der Waals surface area contributed by atoms with Crippen molar-refractivity contribution >= 4 is 11.7 Å². The fraction of sp³-hybridized carbons (Fsp3) is 0.600. The van der Waals surface area contributed by atoms with E-state index in [-0.39, 0.29) is 0 Å². The molecule has 0 atom stereocenters. The van der Waals surface area contributed by atoms with Crippen molar-refractivity contribution in [1.82, 2.24) is 5.06 Å². The van der Waals surface area contributed by atoms with Gasteiger partial charge in [0.2, 0.25) is 5.78 Å². The van der Waals surface area contributed by atoms with Gasteiger partial charge in [-0.2, -0.15) is 0 Å². The molecule has 0 spiro atoms. The molecule has 0 N–H and O–H groups in total. The Labute approximate surface area is 53.3 Å². The first-order valence-corrected chi connectivity index (χ1v) is 2.42. The van der Waals surface area contributed by atoms with Crippen LogP contribution < -0.4 is 0 Å². The van der Waals surface area contributed by atoms with Gasteiger partial charge in [0.05, 0.1) is 7.11 Å². The normalized spacial score (nSPS) is 8.78. The summed E-state index contributed by atoms with van der Waals surface area (Å²) < 4.78 is 0. The van der Waals surface area contributed by atoms with Crippen LogP contribution in [0.25, 0.3) is 0 Å². The lowest BCUT2D eigenvalue weighted by Gasteiger charge is -2.09. The molecule has 0 aromatic carbocycles. The number of hydrogen-bond acceptors (Lipinski definition) is 3. The van der Waals surface area contributed by atoms with E-state index in [1.165, 1.54) is 21.1 Å². The third kappa shape index (κ3) is 2.23. The van der Waals surface area contributed by atoms with E-state index in [0.717, 1.165) is 5.06 Å². The predicted octanol–water partition coefficient (Wildman–Crippen LogP) is -0.405. The van der Waals surface area contributed by atoms with Crippen LogP contribution in [0.4, 0.5) is 0 Å².